The van der Waals surface area contributed by atoms with E-state index in [-0.39, 0.29) is 5.78 Å². The Hall–Kier alpha value is -1.78. The number of hydrogen-bond acceptors (Lipinski definition) is 4. The molecule has 4 heteroatoms. The van der Waals surface area contributed by atoms with Gasteiger partial charge in [-0.25, -0.2) is 0 Å². The van der Waals surface area contributed by atoms with Crippen molar-refractivity contribution in [2.45, 2.75) is 23.6 Å². The number of nitrogens with one attached hydrogen (secondary N) is 1. The van der Waals surface area contributed by atoms with Crippen molar-refractivity contribution in [2.75, 3.05) is 25.0 Å². The molecule has 0 saturated carbocycles. The van der Waals surface area contributed by atoms with E-state index in [0.717, 1.165) is 34.9 Å². The first-order valence-corrected chi connectivity index (χ1v) is 8.46. The molecule has 0 aliphatic carbocycles. The van der Waals surface area contributed by atoms with Crippen molar-refractivity contribution >= 4 is 28.9 Å². The summed E-state index contributed by atoms with van der Waals surface area (Å²) in [7, 11) is 0. The molecule has 1 aliphatic heterocycles. The van der Waals surface area contributed by atoms with Gasteiger partial charge in [-0.3, -0.25) is 9.69 Å². The number of rotatable bonds is 5. The summed E-state index contributed by atoms with van der Waals surface area (Å²) in [6.45, 7) is 6.44. The maximum Gasteiger partial charge on any atom is 0.176 e. The third-order valence-electron chi connectivity index (χ3n) is 3.94. The average molecular weight is 312 g/mol. The van der Waals surface area contributed by atoms with E-state index in [2.05, 4.69) is 36.2 Å². The van der Waals surface area contributed by atoms with Gasteiger partial charge in [-0.05, 0) is 37.4 Å². The van der Waals surface area contributed by atoms with E-state index in [0.29, 0.717) is 6.54 Å². The zero-order chi connectivity index (χ0) is 15.5. The molecule has 0 atom stereocenters. The van der Waals surface area contributed by atoms with Crippen LogP contribution in [0.1, 0.15) is 24.2 Å². The van der Waals surface area contributed by atoms with Gasteiger partial charge in [-0.1, -0.05) is 43.8 Å². The van der Waals surface area contributed by atoms with Gasteiger partial charge in [0.2, 0.25) is 0 Å². The molecule has 1 heterocycles. The molecule has 3 nitrogen and oxygen atoms in total. The first-order chi connectivity index (χ1) is 10.7. The van der Waals surface area contributed by atoms with Crippen LogP contribution in [0.4, 0.5) is 11.4 Å². The second kappa shape index (κ2) is 6.55. The number of carbonyl (C=O) groups is 1. The lowest BCUT2D eigenvalue weighted by Gasteiger charge is -2.22. The van der Waals surface area contributed by atoms with Crippen molar-refractivity contribution < 1.29 is 4.79 Å². The molecule has 0 amide bonds. The molecule has 0 spiro atoms. The van der Waals surface area contributed by atoms with Crippen LogP contribution in [0.25, 0.3) is 0 Å². The SMILES string of the molecule is CCN(CC)CC(=O)c1ccc2c(c1)Nc1ccccc1S2. The molecule has 0 bridgehead atoms. The van der Waals surface area contributed by atoms with Crippen molar-refractivity contribution in [3.8, 4) is 0 Å². The quantitative estimate of drug-likeness (QED) is 0.707. The Morgan fingerprint density at radius 3 is 2.55 bits per heavy atom. The Morgan fingerprint density at radius 2 is 1.77 bits per heavy atom. The van der Waals surface area contributed by atoms with Gasteiger partial charge < -0.3 is 5.32 Å². The van der Waals surface area contributed by atoms with E-state index in [4.69, 9.17) is 0 Å². The van der Waals surface area contributed by atoms with Crippen molar-refractivity contribution in [2.24, 2.45) is 0 Å². The number of para-hydroxylation sites is 1. The van der Waals surface area contributed by atoms with E-state index in [1.165, 1.54) is 4.90 Å². The van der Waals surface area contributed by atoms with Gasteiger partial charge in [-0.15, -0.1) is 0 Å². The fourth-order valence-corrected chi connectivity index (χ4v) is 3.52. The molecule has 2 aromatic rings. The second-order valence-electron chi connectivity index (χ2n) is 5.32. The summed E-state index contributed by atoms with van der Waals surface area (Å²) in [4.78, 5) is 17.0. The minimum atomic E-state index is 0.178. The Morgan fingerprint density at radius 1 is 1.05 bits per heavy atom. The summed E-state index contributed by atoms with van der Waals surface area (Å²) < 4.78 is 0. The zero-order valence-corrected chi connectivity index (χ0v) is 13.7. The Kier molecular flexibility index (Phi) is 4.50. The van der Waals surface area contributed by atoms with Crippen molar-refractivity contribution in [1.82, 2.24) is 4.90 Å². The van der Waals surface area contributed by atoms with Crippen LogP contribution < -0.4 is 5.32 Å². The Balaban J connectivity index is 1.82. The van der Waals surface area contributed by atoms with Crippen LogP contribution in [0.2, 0.25) is 0 Å². The summed E-state index contributed by atoms with van der Waals surface area (Å²) in [6.07, 6.45) is 0. The van der Waals surface area contributed by atoms with E-state index in [9.17, 15) is 4.79 Å². The zero-order valence-electron chi connectivity index (χ0n) is 12.9. The van der Waals surface area contributed by atoms with Crippen LogP contribution in [0.15, 0.2) is 52.3 Å². The third kappa shape index (κ3) is 3.03. The number of anilines is 2. The average Bonchev–Trinajstić information content (AvgIpc) is 2.57. The topological polar surface area (TPSA) is 32.3 Å². The van der Waals surface area contributed by atoms with Crippen LogP contribution >= 0.6 is 11.8 Å². The highest BCUT2D eigenvalue weighted by Gasteiger charge is 2.17. The van der Waals surface area contributed by atoms with Crippen molar-refractivity contribution in [3.05, 3.63) is 48.0 Å². The van der Waals surface area contributed by atoms with Gasteiger partial charge in [0.15, 0.2) is 5.78 Å². The molecule has 0 saturated heterocycles. The maximum absolute atomic E-state index is 12.4. The fraction of sp³-hybridized carbons (Fsp3) is 0.278. The molecule has 0 unspecified atom stereocenters. The molecular weight excluding hydrogens is 292 g/mol. The van der Waals surface area contributed by atoms with E-state index in [1.54, 1.807) is 11.8 Å². The normalized spacial score (nSPS) is 12.5. The highest BCUT2D eigenvalue weighted by atomic mass is 32.2. The minimum absolute atomic E-state index is 0.178. The van der Waals surface area contributed by atoms with Crippen LogP contribution in [0.5, 0.6) is 0 Å². The molecule has 0 radical (unpaired) electrons. The first-order valence-electron chi connectivity index (χ1n) is 7.64. The van der Waals surface area contributed by atoms with Crippen molar-refractivity contribution in [3.63, 3.8) is 0 Å². The van der Waals surface area contributed by atoms with Gasteiger partial charge in [0.25, 0.3) is 0 Å². The molecular formula is C18H20N2OS. The number of carbonyl (C=O) groups excluding carboxylic acids is 1. The fourth-order valence-electron chi connectivity index (χ4n) is 2.55. The van der Waals surface area contributed by atoms with E-state index >= 15 is 0 Å². The number of ketones is 1. The van der Waals surface area contributed by atoms with Gasteiger partial charge in [-0.2, -0.15) is 0 Å². The molecule has 1 aliphatic rings. The highest BCUT2D eigenvalue weighted by Crippen LogP contribution is 2.44. The third-order valence-corrected chi connectivity index (χ3v) is 5.09. The predicted molar refractivity (Wildman–Crippen MR) is 92.4 cm³/mol. The maximum atomic E-state index is 12.4. The predicted octanol–water partition coefficient (Wildman–Crippen LogP) is 4.42. The lowest BCUT2D eigenvalue weighted by atomic mass is 10.1. The molecule has 3 rings (SSSR count). The number of fused-ring (bicyclic) bond motifs is 2. The lowest BCUT2D eigenvalue weighted by molar-refractivity contribution is 0.0937. The van der Waals surface area contributed by atoms with Crippen LogP contribution in [-0.2, 0) is 0 Å². The molecule has 22 heavy (non-hydrogen) atoms. The van der Waals surface area contributed by atoms with Gasteiger partial charge in [0, 0.05) is 15.4 Å². The molecule has 2 aromatic carbocycles. The van der Waals surface area contributed by atoms with E-state index in [1.807, 2.05) is 30.3 Å². The Bertz CT molecular complexity index is 695. The summed E-state index contributed by atoms with van der Waals surface area (Å²) >= 11 is 1.74. The smallest absolute Gasteiger partial charge is 0.176 e. The van der Waals surface area contributed by atoms with Crippen LogP contribution in [-0.4, -0.2) is 30.3 Å². The molecule has 114 valence electrons. The number of Topliss-reactive ketones (excluding diaryl/α,β-unsaturated/α-hetero) is 1. The van der Waals surface area contributed by atoms with Crippen LogP contribution in [0.3, 0.4) is 0 Å². The lowest BCUT2D eigenvalue weighted by Crippen LogP contribution is -2.29. The minimum Gasteiger partial charge on any atom is -0.354 e. The molecule has 0 fully saturated rings. The van der Waals surface area contributed by atoms with Gasteiger partial charge in [0.1, 0.15) is 0 Å². The van der Waals surface area contributed by atoms with Crippen LogP contribution in [0, 0.1) is 0 Å². The first kappa shape index (κ1) is 15.1. The number of nitrogens with zero attached hydrogens (tertiary/aromatic N) is 1. The standard InChI is InChI=1S/C18H20N2OS/c1-3-20(4-2)12-16(21)13-9-10-18-15(11-13)19-14-7-5-6-8-17(14)22-18/h5-11,19H,3-4,12H2,1-2H3. The summed E-state index contributed by atoms with van der Waals surface area (Å²) in [5, 5.41) is 3.43. The molecule has 1 N–H and O–H groups in total. The second-order valence-corrected chi connectivity index (χ2v) is 6.40. The number of likely N-dealkylation sites (N-methyl/N-ethyl adjacent to an activating group) is 1. The van der Waals surface area contributed by atoms with E-state index < -0.39 is 0 Å². The summed E-state index contributed by atoms with van der Waals surface area (Å²) in [5.41, 5.74) is 2.90. The monoisotopic (exact) mass is 312 g/mol. The van der Waals surface area contributed by atoms with Crippen molar-refractivity contribution in [1.29, 1.82) is 0 Å². The molecule has 0 aromatic heterocycles. The van der Waals surface area contributed by atoms with Gasteiger partial charge in [0.05, 0.1) is 17.9 Å². The number of benzene rings is 2. The summed E-state index contributed by atoms with van der Waals surface area (Å²) in [5.74, 6) is 0.178. The summed E-state index contributed by atoms with van der Waals surface area (Å²) in [6, 6.07) is 14.2. The van der Waals surface area contributed by atoms with Gasteiger partial charge >= 0.3 is 0 Å². The Labute approximate surface area is 135 Å². The largest absolute Gasteiger partial charge is 0.354 e. The highest BCUT2D eigenvalue weighted by molar-refractivity contribution is 7.99. The number of hydrogen-bond donors (Lipinski definition) is 1.